The molecule has 2 rings (SSSR count). The first-order chi connectivity index (χ1) is 7.68. The van der Waals surface area contributed by atoms with Crippen molar-refractivity contribution in [2.75, 3.05) is 5.32 Å². The third-order valence-electron chi connectivity index (χ3n) is 2.71. The van der Waals surface area contributed by atoms with Crippen molar-refractivity contribution in [2.24, 2.45) is 7.05 Å². The normalized spacial score (nSPS) is 19.8. The zero-order chi connectivity index (χ0) is 11.5. The number of hydrogen-bond acceptors (Lipinski definition) is 3. The van der Waals surface area contributed by atoms with Crippen LogP contribution in [0.5, 0.6) is 0 Å². The van der Waals surface area contributed by atoms with Gasteiger partial charge in [0.1, 0.15) is 5.02 Å². The van der Waals surface area contributed by atoms with Crippen LogP contribution in [-0.4, -0.2) is 15.8 Å². The van der Waals surface area contributed by atoms with Gasteiger partial charge in [0.25, 0.3) is 5.56 Å². The molecule has 1 aromatic heterocycles. The van der Waals surface area contributed by atoms with Crippen molar-refractivity contribution in [1.29, 1.82) is 0 Å². The molecule has 0 fully saturated rings. The fraction of sp³-hybridized carbons (Fsp3) is 0.455. The Kier molecular flexibility index (Phi) is 3.29. The summed E-state index contributed by atoms with van der Waals surface area (Å²) in [6.45, 7) is 0. The Morgan fingerprint density at radius 2 is 2.38 bits per heavy atom. The molecular formula is C11H14ClN3O. The highest BCUT2D eigenvalue weighted by molar-refractivity contribution is 6.32. The lowest BCUT2D eigenvalue weighted by Crippen LogP contribution is -2.25. The second-order valence-electron chi connectivity index (χ2n) is 3.93. The average molecular weight is 240 g/mol. The van der Waals surface area contributed by atoms with E-state index in [1.165, 1.54) is 4.68 Å². The maximum absolute atomic E-state index is 11.5. The van der Waals surface area contributed by atoms with Gasteiger partial charge in [-0.15, -0.1) is 0 Å². The molecule has 5 heteroatoms. The highest BCUT2D eigenvalue weighted by Crippen LogP contribution is 2.20. The highest BCUT2D eigenvalue weighted by atomic mass is 35.5. The molecule has 0 aliphatic heterocycles. The van der Waals surface area contributed by atoms with Crippen molar-refractivity contribution in [3.8, 4) is 0 Å². The minimum absolute atomic E-state index is 0.215. The van der Waals surface area contributed by atoms with Gasteiger partial charge in [0.05, 0.1) is 11.9 Å². The van der Waals surface area contributed by atoms with Gasteiger partial charge in [-0.05, 0) is 19.3 Å². The summed E-state index contributed by atoms with van der Waals surface area (Å²) in [6, 6.07) is 0.344. The SMILES string of the molecule is Cn1ncc(N[C@H]2CC=CCC2)c(Cl)c1=O. The highest BCUT2D eigenvalue weighted by Gasteiger charge is 2.13. The number of aryl methyl sites for hydroxylation is 1. The molecule has 0 saturated carbocycles. The number of aromatic nitrogens is 2. The van der Waals surface area contributed by atoms with Gasteiger partial charge >= 0.3 is 0 Å². The fourth-order valence-corrected chi connectivity index (χ4v) is 1.98. The van der Waals surface area contributed by atoms with Gasteiger partial charge in [-0.1, -0.05) is 23.8 Å². The number of allylic oxidation sites excluding steroid dienone is 1. The summed E-state index contributed by atoms with van der Waals surface area (Å²) >= 11 is 5.96. The molecular weight excluding hydrogens is 226 g/mol. The predicted molar refractivity (Wildman–Crippen MR) is 64.9 cm³/mol. The summed E-state index contributed by atoms with van der Waals surface area (Å²) in [5, 5.41) is 7.42. The lowest BCUT2D eigenvalue weighted by atomic mass is 10.0. The molecule has 1 aromatic rings. The van der Waals surface area contributed by atoms with E-state index in [4.69, 9.17) is 11.6 Å². The molecule has 0 saturated heterocycles. The zero-order valence-corrected chi connectivity index (χ0v) is 9.87. The topological polar surface area (TPSA) is 46.9 Å². The Bertz CT molecular complexity index is 467. The van der Waals surface area contributed by atoms with E-state index in [1.807, 2.05) is 0 Å². The molecule has 0 aromatic carbocycles. The van der Waals surface area contributed by atoms with E-state index in [2.05, 4.69) is 22.6 Å². The van der Waals surface area contributed by atoms with Crippen molar-refractivity contribution in [3.05, 3.63) is 33.7 Å². The average Bonchev–Trinajstić information content (AvgIpc) is 2.31. The molecule has 0 spiro atoms. The summed E-state index contributed by atoms with van der Waals surface area (Å²) in [6.07, 6.45) is 8.99. The first kappa shape index (κ1) is 11.2. The first-order valence-corrected chi connectivity index (χ1v) is 5.69. The first-order valence-electron chi connectivity index (χ1n) is 5.32. The number of rotatable bonds is 2. The Labute approximate surface area is 98.9 Å². The van der Waals surface area contributed by atoms with Crippen molar-refractivity contribution in [1.82, 2.24) is 9.78 Å². The summed E-state index contributed by atoms with van der Waals surface area (Å²) < 4.78 is 1.23. The largest absolute Gasteiger partial charge is 0.379 e. The number of nitrogens with one attached hydrogen (secondary N) is 1. The van der Waals surface area contributed by atoms with E-state index >= 15 is 0 Å². The molecule has 1 aliphatic rings. The van der Waals surface area contributed by atoms with E-state index in [0.717, 1.165) is 19.3 Å². The van der Waals surface area contributed by atoms with E-state index in [1.54, 1.807) is 13.2 Å². The third kappa shape index (κ3) is 2.27. The molecule has 86 valence electrons. The van der Waals surface area contributed by atoms with Crippen LogP contribution in [-0.2, 0) is 7.05 Å². The van der Waals surface area contributed by atoms with Crippen molar-refractivity contribution < 1.29 is 0 Å². The third-order valence-corrected chi connectivity index (χ3v) is 3.07. The minimum atomic E-state index is -0.266. The molecule has 0 bridgehead atoms. The Balaban J connectivity index is 2.18. The molecule has 0 unspecified atom stereocenters. The van der Waals surface area contributed by atoms with Gasteiger partial charge in [0.2, 0.25) is 0 Å². The molecule has 0 amide bonds. The van der Waals surface area contributed by atoms with E-state index in [0.29, 0.717) is 11.7 Å². The summed E-state index contributed by atoms with van der Waals surface area (Å²) in [4.78, 5) is 11.5. The molecule has 16 heavy (non-hydrogen) atoms. The van der Waals surface area contributed by atoms with E-state index in [9.17, 15) is 4.79 Å². The maximum Gasteiger partial charge on any atom is 0.287 e. The van der Waals surface area contributed by atoms with Crippen LogP contribution in [0.2, 0.25) is 5.02 Å². The number of nitrogens with zero attached hydrogens (tertiary/aromatic N) is 2. The van der Waals surface area contributed by atoms with Crippen LogP contribution in [0, 0.1) is 0 Å². The van der Waals surface area contributed by atoms with Gasteiger partial charge < -0.3 is 5.32 Å². The summed E-state index contributed by atoms with van der Waals surface area (Å²) in [7, 11) is 1.58. The van der Waals surface area contributed by atoms with Crippen molar-refractivity contribution in [2.45, 2.75) is 25.3 Å². The lowest BCUT2D eigenvalue weighted by Gasteiger charge is -2.20. The number of hydrogen-bond donors (Lipinski definition) is 1. The van der Waals surface area contributed by atoms with Crippen LogP contribution < -0.4 is 10.9 Å². The maximum atomic E-state index is 11.5. The lowest BCUT2D eigenvalue weighted by molar-refractivity contribution is 0.640. The van der Waals surface area contributed by atoms with Crippen LogP contribution in [0.15, 0.2) is 23.1 Å². The van der Waals surface area contributed by atoms with E-state index < -0.39 is 0 Å². The smallest absolute Gasteiger partial charge is 0.287 e. The second-order valence-corrected chi connectivity index (χ2v) is 4.30. The second kappa shape index (κ2) is 4.70. The standard InChI is InChI=1S/C11H14ClN3O/c1-15-11(16)10(12)9(7-13-15)14-8-5-3-2-4-6-8/h2-3,7-8,14H,4-6H2,1H3/t8-/m0/s1. The Morgan fingerprint density at radius 1 is 1.56 bits per heavy atom. The predicted octanol–water partition coefficient (Wildman–Crippen LogP) is 1.95. The van der Waals surface area contributed by atoms with Gasteiger partial charge in [0.15, 0.2) is 0 Å². The van der Waals surface area contributed by atoms with Crippen LogP contribution >= 0.6 is 11.6 Å². The molecule has 1 heterocycles. The molecule has 1 atom stereocenters. The van der Waals surface area contributed by atoms with Crippen LogP contribution in [0.4, 0.5) is 5.69 Å². The number of halogens is 1. The van der Waals surface area contributed by atoms with Crippen molar-refractivity contribution >= 4 is 17.3 Å². The summed E-state index contributed by atoms with van der Waals surface area (Å²) in [5.41, 5.74) is 0.364. The molecule has 1 aliphatic carbocycles. The minimum Gasteiger partial charge on any atom is -0.379 e. The van der Waals surface area contributed by atoms with Gasteiger partial charge in [-0.3, -0.25) is 4.79 Å². The molecule has 0 radical (unpaired) electrons. The van der Waals surface area contributed by atoms with Crippen molar-refractivity contribution in [3.63, 3.8) is 0 Å². The Hall–Kier alpha value is -1.29. The van der Waals surface area contributed by atoms with Gasteiger partial charge in [-0.2, -0.15) is 5.10 Å². The summed E-state index contributed by atoms with van der Waals surface area (Å²) in [5.74, 6) is 0. The van der Waals surface area contributed by atoms with Crippen LogP contribution in [0.1, 0.15) is 19.3 Å². The molecule has 1 N–H and O–H groups in total. The van der Waals surface area contributed by atoms with Gasteiger partial charge in [0, 0.05) is 13.1 Å². The van der Waals surface area contributed by atoms with E-state index in [-0.39, 0.29) is 10.6 Å². The zero-order valence-electron chi connectivity index (χ0n) is 9.11. The van der Waals surface area contributed by atoms with Crippen LogP contribution in [0.3, 0.4) is 0 Å². The monoisotopic (exact) mass is 239 g/mol. The Morgan fingerprint density at radius 3 is 3.06 bits per heavy atom. The quantitative estimate of drug-likeness (QED) is 0.803. The van der Waals surface area contributed by atoms with Gasteiger partial charge in [-0.25, -0.2) is 4.68 Å². The molecule has 4 nitrogen and oxygen atoms in total. The van der Waals surface area contributed by atoms with Crippen LogP contribution in [0.25, 0.3) is 0 Å². The fourth-order valence-electron chi connectivity index (χ4n) is 1.76. The number of anilines is 1.